The summed E-state index contributed by atoms with van der Waals surface area (Å²) in [5.41, 5.74) is 0.888. The first kappa shape index (κ1) is 21.3. The number of hydrogen-bond donors (Lipinski definition) is 1. The standard InChI is InChI=1S/C17H24FN5O.HI/c1-12(2)16-21-15(24-22-16)8-9-20-17(19-3)23(4)11-13-6-5-7-14(18)10-13;/h5-7,10,12H,8-9,11H2,1-4H3,(H,19,20);1H. The Bertz CT molecular complexity index is 689. The molecule has 0 aliphatic carbocycles. The summed E-state index contributed by atoms with van der Waals surface area (Å²) in [6.07, 6.45) is 0.618. The highest BCUT2D eigenvalue weighted by molar-refractivity contribution is 14.0. The number of nitrogens with one attached hydrogen (secondary N) is 1. The van der Waals surface area contributed by atoms with Crippen molar-refractivity contribution < 1.29 is 8.91 Å². The lowest BCUT2D eigenvalue weighted by molar-refractivity contribution is 0.370. The molecule has 1 aromatic heterocycles. The van der Waals surface area contributed by atoms with E-state index in [1.807, 2.05) is 31.9 Å². The lowest BCUT2D eigenvalue weighted by Crippen LogP contribution is -2.39. The normalized spacial score (nSPS) is 11.4. The number of aliphatic imine (C=N–C) groups is 1. The highest BCUT2D eigenvalue weighted by Gasteiger charge is 2.11. The molecule has 0 unspecified atom stereocenters. The first-order valence-corrected chi connectivity index (χ1v) is 7.98. The van der Waals surface area contributed by atoms with Crippen LogP contribution in [0.2, 0.25) is 0 Å². The van der Waals surface area contributed by atoms with Gasteiger partial charge in [0.15, 0.2) is 11.8 Å². The third-order valence-electron chi connectivity index (χ3n) is 3.50. The van der Waals surface area contributed by atoms with Crippen LogP contribution < -0.4 is 5.32 Å². The molecule has 0 saturated carbocycles. The summed E-state index contributed by atoms with van der Waals surface area (Å²) in [5.74, 6) is 2.07. The molecule has 0 amide bonds. The van der Waals surface area contributed by atoms with Crippen LogP contribution in [0.25, 0.3) is 0 Å². The van der Waals surface area contributed by atoms with Crippen molar-refractivity contribution in [3.05, 3.63) is 47.4 Å². The molecule has 6 nitrogen and oxygen atoms in total. The molecule has 0 spiro atoms. The van der Waals surface area contributed by atoms with Crippen molar-refractivity contribution in [3.63, 3.8) is 0 Å². The second-order valence-electron chi connectivity index (χ2n) is 5.91. The molecule has 25 heavy (non-hydrogen) atoms. The predicted octanol–water partition coefficient (Wildman–Crippen LogP) is 3.20. The molecule has 1 N–H and O–H groups in total. The second kappa shape index (κ2) is 10.3. The van der Waals surface area contributed by atoms with Crippen LogP contribution in [0, 0.1) is 5.82 Å². The number of halogens is 2. The van der Waals surface area contributed by atoms with Gasteiger partial charge in [0.2, 0.25) is 5.89 Å². The zero-order chi connectivity index (χ0) is 17.5. The molecule has 138 valence electrons. The number of guanidine groups is 1. The summed E-state index contributed by atoms with van der Waals surface area (Å²) in [5, 5.41) is 7.19. The van der Waals surface area contributed by atoms with Gasteiger partial charge in [-0.05, 0) is 17.7 Å². The third kappa shape index (κ3) is 6.60. The van der Waals surface area contributed by atoms with Gasteiger partial charge in [0.25, 0.3) is 0 Å². The fourth-order valence-corrected chi connectivity index (χ4v) is 2.25. The third-order valence-corrected chi connectivity index (χ3v) is 3.50. The van der Waals surface area contributed by atoms with E-state index < -0.39 is 0 Å². The summed E-state index contributed by atoms with van der Waals surface area (Å²) in [6.45, 7) is 5.24. The lowest BCUT2D eigenvalue weighted by atomic mass is 10.2. The van der Waals surface area contributed by atoms with E-state index in [-0.39, 0.29) is 35.7 Å². The fraction of sp³-hybridized carbons (Fsp3) is 0.471. The molecule has 0 atom stereocenters. The van der Waals surface area contributed by atoms with Crippen molar-refractivity contribution >= 4 is 29.9 Å². The van der Waals surface area contributed by atoms with E-state index in [1.54, 1.807) is 13.1 Å². The Hall–Kier alpha value is -1.71. The van der Waals surface area contributed by atoms with Crippen LogP contribution in [-0.2, 0) is 13.0 Å². The largest absolute Gasteiger partial charge is 0.356 e. The molecule has 0 radical (unpaired) electrons. The van der Waals surface area contributed by atoms with Crippen LogP contribution in [0.3, 0.4) is 0 Å². The minimum absolute atomic E-state index is 0. The molecule has 0 fully saturated rings. The summed E-state index contributed by atoms with van der Waals surface area (Å²) in [4.78, 5) is 10.5. The van der Waals surface area contributed by atoms with E-state index in [2.05, 4.69) is 20.4 Å². The molecule has 2 aromatic rings. The molecule has 1 heterocycles. The van der Waals surface area contributed by atoms with Crippen molar-refractivity contribution in [1.29, 1.82) is 0 Å². The van der Waals surface area contributed by atoms with Gasteiger partial charge in [-0.25, -0.2) is 4.39 Å². The van der Waals surface area contributed by atoms with Gasteiger partial charge in [-0.2, -0.15) is 4.98 Å². The Morgan fingerprint density at radius 3 is 2.76 bits per heavy atom. The van der Waals surface area contributed by atoms with E-state index in [1.165, 1.54) is 12.1 Å². The number of aromatic nitrogens is 2. The lowest BCUT2D eigenvalue weighted by Gasteiger charge is -2.22. The molecule has 0 aliphatic rings. The van der Waals surface area contributed by atoms with Crippen LogP contribution >= 0.6 is 24.0 Å². The first-order chi connectivity index (χ1) is 11.5. The van der Waals surface area contributed by atoms with Crippen molar-refractivity contribution in [2.75, 3.05) is 20.6 Å². The first-order valence-electron chi connectivity index (χ1n) is 7.98. The van der Waals surface area contributed by atoms with Gasteiger partial charge < -0.3 is 14.7 Å². The van der Waals surface area contributed by atoms with Crippen molar-refractivity contribution in [2.24, 2.45) is 4.99 Å². The minimum atomic E-state index is -0.235. The van der Waals surface area contributed by atoms with Gasteiger partial charge in [-0.3, -0.25) is 4.99 Å². The number of hydrogen-bond acceptors (Lipinski definition) is 4. The fourth-order valence-electron chi connectivity index (χ4n) is 2.25. The Morgan fingerprint density at radius 1 is 1.40 bits per heavy atom. The highest BCUT2D eigenvalue weighted by atomic mass is 127. The number of rotatable bonds is 6. The molecular formula is C17H25FIN5O. The van der Waals surface area contributed by atoms with Crippen LogP contribution in [0.5, 0.6) is 0 Å². The maximum absolute atomic E-state index is 13.3. The minimum Gasteiger partial charge on any atom is -0.356 e. The van der Waals surface area contributed by atoms with E-state index in [4.69, 9.17) is 4.52 Å². The van der Waals surface area contributed by atoms with E-state index in [0.717, 1.165) is 17.3 Å². The van der Waals surface area contributed by atoms with Gasteiger partial charge in [-0.1, -0.05) is 31.1 Å². The van der Waals surface area contributed by atoms with Crippen LogP contribution in [0.1, 0.15) is 37.0 Å². The SMILES string of the molecule is CN=C(NCCc1nc(C(C)C)no1)N(C)Cc1cccc(F)c1.I. The average Bonchev–Trinajstić information content (AvgIpc) is 3.00. The quantitative estimate of drug-likeness (QED) is 0.407. The number of nitrogens with zero attached hydrogens (tertiary/aromatic N) is 4. The Kier molecular flexibility index (Phi) is 8.81. The van der Waals surface area contributed by atoms with Crippen molar-refractivity contribution in [2.45, 2.75) is 32.7 Å². The molecule has 8 heteroatoms. The monoisotopic (exact) mass is 461 g/mol. The zero-order valence-corrected chi connectivity index (χ0v) is 17.3. The Balaban J connectivity index is 0.00000312. The van der Waals surface area contributed by atoms with Gasteiger partial charge in [0.05, 0.1) is 0 Å². The highest BCUT2D eigenvalue weighted by Crippen LogP contribution is 2.10. The molecule has 0 bridgehead atoms. The molecule has 1 aromatic carbocycles. The smallest absolute Gasteiger partial charge is 0.228 e. The maximum atomic E-state index is 13.3. The zero-order valence-electron chi connectivity index (χ0n) is 15.0. The molecular weight excluding hydrogens is 436 g/mol. The van der Waals surface area contributed by atoms with E-state index in [9.17, 15) is 4.39 Å². The van der Waals surface area contributed by atoms with Gasteiger partial charge >= 0.3 is 0 Å². The summed E-state index contributed by atoms with van der Waals surface area (Å²) >= 11 is 0. The molecule has 0 saturated heterocycles. The van der Waals surface area contributed by atoms with E-state index >= 15 is 0 Å². The van der Waals surface area contributed by atoms with Gasteiger partial charge in [-0.15, -0.1) is 24.0 Å². The van der Waals surface area contributed by atoms with Crippen LogP contribution in [0.15, 0.2) is 33.8 Å². The number of benzene rings is 1. The molecule has 0 aliphatic heterocycles. The Labute approximate surface area is 164 Å². The summed E-state index contributed by atoms with van der Waals surface area (Å²) in [6, 6.07) is 6.55. The summed E-state index contributed by atoms with van der Waals surface area (Å²) < 4.78 is 18.5. The molecule has 2 rings (SSSR count). The average molecular weight is 461 g/mol. The van der Waals surface area contributed by atoms with Crippen molar-refractivity contribution in [1.82, 2.24) is 20.4 Å². The maximum Gasteiger partial charge on any atom is 0.228 e. The topological polar surface area (TPSA) is 66.5 Å². The van der Waals surface area contributed by atoms with Crippen LogP contribution in [0.4, 0.5) is 4.39 Å². The van der Waals surface area contributed by atoms with Gasteiger partial charge in [0.1, 0.15) is 5.82 Å². The predicted molar refractivity (Wildman–Crippen MR) is 107 cm³/mol. The van der Waals surface area contributed by atoms with Gasteiger partial charge in [0, 0.05) is 39.5 Å². The van der Waals surface area contributed by atoms with E-state index in [0.29, 0.717) is 25.4 Å². The second-order valence-corrected chi connectivity index (χ2v) is 5.91. The summed E-state index contributed by atoms with van der Waals surface area (Å²) in [7, 11) is 3.62. The Morgan fingerprint density at radius 2 is 2.16 bits per heavy atom. The van der Waals surface area contributed by atoms with Crippen molar-refractivity contribution in [3.8, 4) is 0 Å². The van der Waals surface area contributed by atoms with Crippen LogP contribution in [-0.4, -0.2) is 41.6 Å².